The topological polar surface area (TPSA) is 38.9 Å². The van der Waals surface area contributed by atoms with E-state index >= 15 is 0 Å². The predicted octanol–water partition coefficient (Wildman–Crippen LogP) is 3.91. The van der Waals surface area contributed by atoms with E-state index in [4.69, 9.17) is 5.73 Å². The van der Waals surface area contributed by atoms with Gasteiger partial charge in [0, 0.05) is 27.7 Å². The molecule has 86 valence electrons. The number of rotatable bonds is 4. The third kappa shape index (κ3) is 3.13. The van der Waals surface area contributed by atoms with Gasteiger partial charge < -0.3 is 5.73 Å². The zero-order valence-corrected chi connectivity index (χ0v) is 12.2. The molecule has 0 saturated carbocycles. The van der Waals surface area contributed by atoms with Crippen molar-refractivity contribution in [2.75, 3.05) is 0 Å². The second-order valence-corrected chi connectivity index (χ2v) is 6.54. The van der Waals surface area contributed by atoms with Crippen molar-refractivity contribution >= 4 is 38.6 Å². The molecule has 5 heteroatoms. The summed E-state index contributed by atoms with van der Waals surface area (Å²) in [6.07, 6.45) is 1.98. The molecule has 0 bridgehead atoms. The van der Waals surface area contributed by atoms with Gasteiger partial charge in [-0.1, -0.05) is 0 Å². The number of thiazole rings is 1. The van der Waals surface area contributed by atoms with Gasteiger partial charge in [-0.3, -0.25) is 0 Å². The monoisotopic (exact) mass is 316 g/mol. The summed E-state index contributed by atoms with van der Waals surface area (Å²) >= 11 is 6.89. The molecule has 2 nitrogen and oxygen atoms in total. The smallest absolute Gasteiger partial charge is 0.0933 e. The van der Waals surface area contributed by atoms with Gasteiger partial charge in [-0.25, -0.2) is 4.98 Å². The molecule has 1 atom stereocenters. The summed E-state index contributed by atoms with van der Waals surface area (Å²) in [5.41, 5.74) is 6.82. The van der Waals surface area contributed by atoms with Gasteiger partial charge in [0.1, 0.15) is 0 Å². The van der Waals surface area contributed by atoms with Crippen LogP contribution in [0.1, 0.15) is 18.4 Å². The molecule has 0 fully saturated rings. The number of nitrogens with two attached hydrogens (primary N) is 1. The second kappa shape index (κ2) is 5.40. The highest BCUT2D eigenvalue weighted by Crippen LogP contribution is 2.30. The minimum absolute atomic E-state index is 0.253. The lowest BCUT2D eigenvalue weighted by Gasteiger charge is -2.00. The third-order valence-corrected chi connectivity index (χ3v) is 4.81. The summed E-state index contributed by atoms with van der Waals surface area (Å²) < 4.78 is 1.12. The van der Waals surface area contributed by atoms with Crippen LogP contribution >= 0.6 is 38.6 Å². The maximum Gasteiger partial charge on any atom is 0.0933 e. The first-order valence-corrected chi connectivity index (χ1v) is 7.65. The molecule has 2 aromatic heterocycles. The van der Waals surface area contributed by atoms with E-state index in [1.165, 1.54) is 9.88 Å². The summed E-state index contributed by atoms with van der Waals surface area (Å²) in [5, 5.41) is 5.38. The maximum atomic E-state index is 5.73. The Kier molecular flexibility index (Phi) is 4.13. The molecule has 0 aliphatic heterocycles. The Morgan fingerprint density at radius 3 is 2.88 bits per heavy atom. The molecule has 1 unspecified atom stereocenters. The molecule has 2 N–H and O–H groups in total. The van der Waals surface area contributed by atoms with Crippen LogP contribution in [0.2, 0.25) is 0 Å². The number of hydrogen-bond acceptors (Lipinski definition) is 4. The fourth-order valence-corrected chi connectivity index (χ4v) is 3.61. The van der Waals surface area contributed by atoms with Crippen molar-refractivity contribution < 1.29 is 0 Å². The van der Waals surface area contributed by atoms with E-state index < -0.39 is 0 Å². The quantitative estimate of drug-likeness (QED) is 0.928. The van der Waals surface area contributed by atoms with Gasteiger partial charge in [0.25, 0.3) is 0 Å². The van der Waals surface area contributed by atoms with Crippen LogP contribution in [0.3, 0.4) is 0 Å². The SMILES string of the molecule is CC(N)CCc1nc(-c2cc(Br)cs2)cs1. The van der Waals surface area contributed by atoms with Crippen molar-refractivity contribution in [2.45, 2.75) is 25.8 Å². The molecule has 0 amide bonds. The number of thiophene rings is 1. The summed E-state index contributed by atoms with van der Waals surface area (Å²) in [5.74, 6) is 0. The molecule has 0 aliphatic rings. The Hall–Kier alpha value is -0.230. The van der Waals surface area contributed by atoms with Crippen molar-refractivity contribution in [3.05, 3.63) is 26.3 Å². The third-order valence-electron chi connectivity index (χ3n) is 2.19. The first-order valence-electron chi connectivity index (χ1n) is 5.09. The Morgan fingerprint density at radius 2 is 2.25 bits per heavy atom. The lowest BCUT2D eigenvalue weighted by molar-refractivity contribution is 0.664. The Labute approximate surface area is 112 Å². The highest BCUT2D eigenvalue weighted by molar-refractivity contribution is 9.10. The minimum Gasteiger partial charge on any atom is -0.328 e. The van der Waals surface area contributed by atoms with Gasteiger partial charge in [-0.15, -0.1) is 22.7 Å². The van der Waals surface area contributed by atoms with E-state index in [1.807, 2.05) is 6.92 Å². The molecular formula is C11H13BrN2S2. The van der Waals surface area contributed by atoms with Gasteiger partial charge in [-0.05, 0) is 35.3 Å². The molecule has 0 aromatic carbocycles. The highest BCUT2D eigenvalue weighted by Gasteiger charge is 2.07. The highest BCUT2D eigenvalue weighted by atomic mass is 79.9. The largest absolute Gasteiger partial charge is 0.328 e. The summed E-state index contributed by atoms with van der Waals surface area (Å²) in [4.78, 5) is 5.84. The average molecular weight is 317 g/mol. The first kappa shape index (κ1) is 12.2. The summed E-state index contributed by atoms with van der Waals surface area (Å²) in [7, 11) is 0. The van der Waals surface area contributed by atoms with Gasteiger partial charge >= 0.3 is 0 Å². The van der Waals surface area contributed by atoms with Crippen molar-refractivity contribution in [1.29, 1.82) is 0 Å². The van der Waals surface area contributed by atoms with Crippen LogP contribution in [0.15, 0.2) is 21.3 Å². The molecule has 0 saturated heterocycles. The van der Waals surface area contributed by atoms with Crippen LogP contribution in [0.4, 0.5) is 0 Å². The predicted molar refractivity (Wildman–Crippen MR) is 75.1 cm³/mol. The fraction of sp³-hybridized carbons (Fsp3) is 0.364. The molecule has 16 heavy (non-hydrogen) atoms. The van der Waals surface area contributed by atoms with Crippen LogP contribution < -0.4 is 5.73 Å². The molecular weight excluding hydrogens is 304 g/mol. The van der Waals surface area contributed by atoms with Crippen molar-refractivity contribution in [3.8, 4) is 10.6 Å². The van der Waals surface area contributed by atoms with E-state index in [9.17, 15) is 0 Å². The Balaban J connectivity index is 2.07. The first-order chi connectivity index (χ1) is 7.65. The zero-order chi connectivity index (χ0) is 11.5. The normalized spacial score (nSPS) is 12.9. The molecule has 0 radical (unpaired) electrons. The number of hydrogen-bond donors (Lipinski definition) is 1. The molecule has 2 rings (SSSR count). The molecule has 0 spiro atoms. The maximum absolute atomic E-state index is 5.73. The Morgan fingerprint density at radius 1 is 1.44 bits per heavy atom. The van der Waals surface area contributed by atoms with Gasteiger partial charge in [-0.2, -0.15) is 0 Å². The van der Waals surface area contributed by atoms with Crippen molar-refractivity contribution in [2.24, 2.45) is 5.73 Å². The summed E-state index contributed by atoms with van der Waals surface area (Å²) in [6, 6.07) is 2.36. The van der Waals surface area contributed by atoms with Crippen molar-refractivity contribution in [1.82, 2.24) is 4.98 Å². The van der Waals surface area contributed by atoms with Crippen LogP contribution in [-0.2, 0) is 6.42 Å². The van der Waals surface area contributed by atoms with E-state index in [0.717, 1.165) is 23.0 Å². The van der Waals surface area contributed by atoms with E-state index in [2.05, 4.69) is 37.7 Å². The van der Waals surface area contributed by atoms with Gasteiger partial charge in [0.05, 0.1) is 15.6 Å². The second-order valence-electron chi connectivity index (χ2n) is 3.77. The van der Waals surface area contributed by atoms with Crippen LogP contribution in [0.25, 0.3) is 10.6 Å². The van der Waals surface area contributed by atoms with Crippen LogP contribution in [-0.4, -0.2) is 11.0 Å². The van der Waals surface area contributed by atoms with E-state index in [1.54, 1.807) is 22.7 Å². The molecule has 0 aliphatic carbocycles. The molecule has 2 heterocycles. The van der Waals surface area contributed by atoms with Gasteiger partial charge in [0.15, 0.2) is 0 Å². The van der Waals surface area contributed by atoms with Crippen molar-refractivity contribution in [3.63, 3.8) is 0 Å². The number of halogens is 1. The Bertz CT molecular complexity index is 462. The average Bonchev–Trinajstić information content (AvgIpc) is 2.83. The van der Waals surface area contributed by atoms with E-state index in [-0.39, 0.29) is 6.04 Å². The number of aryl methyl sites for hydroxylation is 1. The number of aromatic nitrogens is 1. The number of nitrogens with zero attached hydrogens (tertiary/aromatic N) is 1. The lowest BCUT2D eigenvalue weighted by Crippen LogP contribution is -2.15. The fourth-order valence-electron chi connectivity index (χ4n) is 1.34. The van der Waals surface area contributed by atoms with Crippen LogP contribution in [0.5, 0.6) is 0 Å². The lowest BCUT2D eigenvalue weighted by atomic mass is 10.2. The molecule has 2 aromatic rings. The summed E-state index contributed by atoms with van der Waals surface area (Å²) in [6.45, 7) is 2.03. The zero-order valence-electron chi connectivity index (χ0n) is 8.94. The minimum atomic E-state index is 0.253. The standard InChI is InChI=1S/C11H13BrN2S2/c1-7(13)2-3-11-14-9(6-16-11)10-4-8(12)5-15-10/h4-7H,2-3,13H2,1H3. The van der Waals surface area contributed by atoms with Crippen LogP contribution in [0, 0.1) is 0 Å². The van der Waals surface area contributed by atoms with E-state index in [0.29, 0.717) is 0 Å². The van der Waals surface area contributed by atoms with Gasteiger partial charge in [0.2, 0.25) is 0 Å².